The van der Waals surface area contributed by atoms with E-state index in [-0.39, 0.29) is 31.8 Å². The minimum Gasteiger partial charge on any atom is -0.495 e. The molecule has 1 heterocycles. The van der Waals surface area contributed by atoms with Crippen LogP contribution in [0, 0.1) is 13.8 Å². The lowest BCUT2D eigenvalue weighted by Gasteiger charge is -2.18. The van der Waals surface area contributed by atoms with Crippen molar-refractivity contribution >= 4 is 48.9 Å². The molecule has 9 nitrogen and oxygen atoms in total. The van der Waals surface area contributed by atoms with Crippen molar-refractivity contribution in [1.82, 2.24) is 4.31 Å². The fourth-order valence-electron chi connectivity index (χ4n) is 4.11. The van der Waals surface area contributed by atoms with E-state index < -0.39 is 26.0 Å². The second-order valence-electron chi connectivity index (χ2n) is 9.00. The zero-order valence-corrected chi connectivity index (χ0v) is 23.5. The van der Waals surface area contributed by atoms with Crippen molar-refractivity contribution in [3.8, 4) is 5.75 Å². The topological polar surface area (TPSA) is 122 Å². The molecule has 0 atom stereocenters. The summed E-state index contributed by atoms with van der Waals surface area (Å²) in [7, 11) is -6.47. The number of anilines is 2. The van der Waals surface area contributed by atoms with E-state index in [1.807, 2.05) is 13.0 Å². The number of benzene rings is 3. The molecule has 12 heteroatoms. The molecular weight excluding hydrogens is 550 g/mol. The maximum atomic E-state index is 13.2. The monoisotopic (exact) mass is 577 g/mol. The van der Waals surface area contributed by atoms with Crippen LogP contribution in [0.25, 0.3) is 0 Å². The maximum absolute atomic E-state index is 13.2. The largest absolute Gasteiger partial charge is 0.495 e. The van der Waals surface area contributed by atoms with E-state index in [1.165, 1.54) is 47.8 Å². The summed E-state index contributed by atoms with van der Waals surface area (Å²) in [4.78, 5) is 12.9. The Kier molecular flexibility index (Phi) is 8.03. The molecule has 1 fully saturated rings. The van der Waals surface area contributed by atoms with Gasteiger partial charge in [0.2, 0.25) is 10.0 Å². The zero-order valence-electron chi connectivity index (χ0n) is 21.1. The van der Waals surface area contributed by atoms with Gasteiger partial charge in [-0.25, -0.2) is 16.8 Å². The molecule has 3 aromatic carbocycles. The number of hydrogen-bond donors (Lipinski definition) is 2. The molecule has 0 aromatic heterocycles. The third-order valence-corrected chi connectivity index (χ3v) is 9.98. The molecule has 1 aliphatic heterocycles. The van der Waals surface area contributed by atoms with Crippen molar-refractivity contribution < 1.29 is 26.4 Å². The quantitative estimate of drug-likeness (QED) is 0.396. The highest BCUT2D eigenvalue weighted by Gasteiger charge is 2.28. The molecule has 38 heavy (non-hydrogen) atoms. The van der Waals surface area contributed by atoms with Gasteiger partial charge in [0.1, 0.15) is 10.6 Å². The standard InChI is InChI=1S/C26H28ClN3O6S2/c1-17-6-7-18(2)22(14-17)29-37(32,33)25-15-19(8-10-21(25)27)26(31)28-23-16-20(9-11-24(23)36-3)38(34,35)30-12-4-5-13-30/h6-11,14-16,29H,4-5,12-13H2,1-3H3,(H,28,31). The molecule has 0 unspecified atom stereocenters. The second-order valence-corrected chi connectivity index (χ2v) is 13.0. The van der Waals surface area contributed by atoms with E-state index >= 15 is 0 Å². The Morgan fingerprint density at radius 2 is 1.63 bits per heavy atom. The van der Waals surface area contributed by atoms with Gasteiger partial charge < -0.3 is 10.1 Å². The number of ether oxygens (including phenoxy) is 1. The normalized spacial score (nSPS) is 14.3. The first-order valence-electron chi connectivity index (χ1n) is 11.8. The number of amides is 1. The van der Waals surface area contributed by atoms with Gasteiger partial charge in [-0.3, -0.25) is 9.52 Å². The predicted octanol–water partition coefficient (Wildman–Crippen LogP) is 4.80. The number of methoxy groups -OCH3 is 1. The zero-order chi connectivity index (χ0) is 27.7. The van der Waals surface area contributed by atoms with E-state index in [0.717, 1.165) is 24.0 Å². The van der Waals surface area contributed by atoms with E-state index in [9.17, 15) is 21.6 Å². The first-order valence-corrected chi connectivity index (χ1v) is 15.1. The van der Waals surface area contributed by atoms with Crippen LogP contribution in [0.1, 0.15) is 34.3 Å². The lowest BCUT2D eigenvalue weighted by molar-refractivity contribution is 0.102. The SMILES string of the molecule is COc1ccc(S(=O)(=O)N2CCCC2)cc1NC(=O)c1ccc(Cl)c(S(=O)(=O)Nc2cc(C)ccc2C)c1. The van der Waals surface area contributed by atoms with E-state index in [2.05, 4.69) is 10.0 Å². The van der Waals surface area contributed by atoms with Crippen molar-refractivity contribution in [1.29, 1.82) is 0 Å². The molecule has 0 aliphatic carbocycles. The highest BCUT2D eigenvalue weighted by atomic mass is 35.5. The van der Waals surface area contributed by atoms with E-state index in [1.54, 1.807) is 19.1 Å². The first-order chi connectivity index (χ1) is 17.9. The second kappa shape index (κ2) is 10.9. The van der Waals surface area contributed by atoms with Gasteiger partial charge in [0, 0.05) is 18.7 Å². The van der Waals surface area contributed by atoms with E-state index in [4.69, 9.17) is 16.3 Å². The van der Waals surface area contributed by atoms with Crippen LogP contribution in [-0.2, 0) is 20.0 Å². The van der Waals surface area contributed by atoms with Gasteiger partial charge in [-0.05, 0) is 80.3 Å². The average molecular weight is 578 g/mol. The number of nitrogens with one attached hydrogen (secondary N) is 2. The summed E-state index contributed by atoms with van der Waals surface area (Å²) in [6.07, 6.45) is 1.58. The van der Waals surface area contributed by atoms with Gasteiger partial charge in [-0.1, -0.05) is 23.7 Å². The Hall–Kier alpha value is -3.12. The Morgan fingerprint density at radius 3 is 2.32 bits per heavy atom. The average Bonchev–Trinajstić information content (AvgIpc) is 3.42. The molecule has 0 spiro atoms. The molecule has 1 amide bonds. The Balaban J connectivity index is 1.64. The van der Waals surface area contributed by atoms with Gasteiger partial charge in [0.15, 0.2) is 0 Å². The van der Waals surface area contributed by atoms with E-state index in [0.29, 0.717) is 18.8 Å². The number of carbonyl (C=O) groups excluding carboxylic acids is 1. The van der Waals surface area contributed by atoms with Crippen LogP contribution in [-0.4, -0.2) is 47.2 Å². The van der Waals surface area contributed by atoms with Crippen LogP contribution in [0.3, 0.4) is 0 Å². The van der Waals surface area contributed by atoms with Gasteiger partial charge in [0.05, 0.1) is 28.4 Å². The molecule has 3 aromatic rings. The molecule has 2 N–H and O–H groups in total. The predicted molar refractivity (Wildman–Crippen MR) is 147 cm³/mol. The lowest BCUT2D eigenvalue weighted by atomic mass is 10.1. The van der Waals surface area contributed by atoms with Crippen LogP contribution in [0.5, 0.6) is 5.75 Å². The molecule has 1 aliphatic rings. The van der Waals surface area contributed by atoms with Crippen molar-refractivity contribution in [3.63, 3.8) is 0 Å². The van der Waals surface area contributed by atoms with Crippen molar-refractivity contribution in [2.24, 2.45) is 0 Å². The summed E-state index contributed by atoms with van der Waals surface area (Å²) < 4.78 is 61.6. The highest BCUT2D eigenvalue weighted by Crippen LogP contribution is 2.31. The summed E-state index contributed by atoms with van der Waals surface area (Å²) in [5.74, 6) is -0.420. The summed E-state index contributed by atoms with van der Waals surface area (Å²) in [6, 6.07) is 13.5. The van der Waals surface area contributed by atoms with Crippen LogP contribution >= 0.6 is 11.6 Å². The number of halogens is 1. The minimum atomic E-state index is -4.13. The molecule has 1 saturated heterocycles. The summed E-state index contributed by atoms with van der Waals surface area (Å²) in [6.45, 7) is 4.49. The lowest BCUT2D eigenvalue weighted by Crippen LogP contribution is -2.28. The van der Waals surface area contributed by atoms with Crippen molar-refractivity contribution in [2.45, 2.75) is 36.5 Å². The summed E-state index contributed by atoms with van der Waals surface area (Å²) >= 11 is 6.22. The Labute approximate surface area is 227 Å². The van der Waals surface area contributed by atoms with Crippen LogP contribution in [0.4, 0.5) is 11.4 Å². The number of aryl methyl sites for hydroxylation is 2. The number of sulfonamides is 2. The van der Waals surface area contributed by atoms with Crippen LogP contribution in [0.2, 0.25) is 5.02 Å². The molecule has 0 radical (unpaired) electrons. The number of carbonyl (C=O) groups is 1. The third kappa shape index (κ3) is 5.80. The molecule has 202 valence electrons. The molecular formula is C26H28ClN3O6S2. The third-order valence-electron chi connectivity index (χ3n) is 6.24. The van der Waals surface area contributed by atoms with Crippen LogP contribution < -0.4 is 14.8 Å². The van der Waals surface area contributed by atoms with Gasteiger partial charge >= 0.3 is 0 Å². The maximum Gasteiger partial charge on any atom is 0.263 e. The fourth-order valence-corrected chi connectivity index (χ4v) is 7.31. The van der Waals surface area contributed by atoms with Gasteiger partial charge in [-0.15, -0.1) is 0 Å². The highest BCUT2D eigenvalue weighted by molar-refractivity contribution is 7.92. The molecule has 4 rings (SSSR count). The van der Waals surface area contributed by atoms with Crippen LogP contribution in [0.15, 0.2) is 64.4 Å². The van der Waals surface area contributed by atoms with Crippen molar-refractivity contribution in [3.05, 3.63) is 76.3 Å². The number of hydrogen-bond acceptors (Lipinski definition) is 6. The Morgan fingerprint density at radius 1 is 0.921 bits per heavy atom. The minimum absolute atomic E-state index is 0.00518. The molecule has 0 bridgehead atoms. The summed E-state index contributed by atoms with van der Waals surface area (Å²) in [5, 5.41) is 2.58. The van der Waals surface area contributed by atoms with Gasteiger partial charge in [0.25, 0.3) is 15.9 Å². The summed E-state index contributed by atoms with van der Waals surface area (Å²) in [5.41, 5.74) is 2.13. The Bertz CT molecular complexity index is 1600. The fraction of sp³-hybridized carbons (Fsp3) is 0.269. The number of rotatable bonds is 8. The first kappa shape index (κ1) is 27.9. The van der Waals surface area contributed by atoms with Gasteiger partial charge in [-0.2, -0.15) is 4.31 Å². The van der Waals surface area contributed by atoms with Crippen molar-refractivity contribution in [2.75, 3.05) is 30.2 Å². The molecule has 0 saturated carbocycles. The smallest absolute Gasteiger partial charge is 0.263 e. The number of nitrogens with zero attached hydrogens (tertiary/aromatic N) is 1.